The van der Waals surface area contributed by atoms with Gasteiger partial charge < -0.3 is 15.1 Å². The zero-order chi connectivity index (χ0) is 22.8. The van der Waals surface area contributed by atoms with Crippen molar-refractivity contribution in [2.45, 2.75) is 64.0 Å². The molecule has 1 aliphatic carbocycles. The third kappa shape index (κ3) is 4.53. The second-order valence-electron chi connectivity index (χ2n) is 9.28. The van der Waals surface area contributed by atoms with Crippen LogP contribution in [0, 0.1) is 6.92 Å². The molecule has 1 saturated carbocycles. The van der Waals surface area contributed by atoms with Gasteiger partial charge in [-0.25, -0.2) is 0 Å². The van der Waals surface area contributed by atoms with Gasteiger partial charge in [0.15, 0.2) is 5.82 Å². The third-order valence-corrected chi connectivity index (χ3v) is 6.71. The first kappa shape index (κ1) is 21.4. The Kier molecular flexibility index (Phi) is 5.70. The molecule has 0 saturated heterocycles. The number of hydrogen-bond acceptors (Lipinski definition) is 5. The highest BCUT2D eigenvalue weighted by Gasteiger charge is 2.40. The molecular weight excluding hydrogens is 414 g/mol. The summed E-state index contributed by atoms with van der Waals surface area (Å²) in [4.78, 5) is 22.2. The van der Waals surface area contributed by atoms with Crippen molar-refractivity contribution < 1.29 is 9.63 Å². The number of benzene rings is 2. The van der Waals surface area contributed by atoms with Gasteiger partial charge in [0, 0.05) is 17.5 Å². The van der Waals surface area contributed by atoms with Crippen LogP contribution < -0.4 is 5.32 Å². The molecule has 7 nitrogen and oxygen atoms in total. The molecule has 2 heterocycles. The Morgan fingerprint density at radius 2 is 1.82 bits per heavy atom. The van der Waals surface area contributed by atoms with Crippen molar-refractivity contribution in [1.29, 1.82) is 0 Å². The van der Waals surface area contributed by atoms with Crippen molar-refractivity contribution in [2.24, 2.45) is 5.16 Å². The summed E-state index contributed by atoms with van der Waals surface area (Å²) in [5.74, 6) is 0.451. The number of H-pyrrole nitrogens is 1. The minimum absolute atomic E-state index is 0.166. The van der Waals surface area contributed by atoms with Gasteiger partial charge in [-0.05, 0) is 68.9 Å². The fourth-order valence-electron chi connectivity index (χ4n) is 4.75. The number of carbonyl (C=O) groups excluding carboxylic acids is 1. The SMILES string of the molecule is Cc1ccc(-c2cc(C(=O)N[C@H](C)c3nnc[nH]3)cc(C3=NOC4(CCCCC4)C3)c2)cc1. The lowest BCUT2D eigenvalue weighted by Gasteiger charge is -2.30. The zero-order valence-corrected chi connectivity index (χ0v) is 19.1. The summed E-state index contributed by atoms with van der Waals surface area (Å²) in [7, 11) is 0. The Labute approximate surface area is 193 Å². The first-order chi connectivity index (χ1) is 16.0. The number of oxime groups is 1. The maximum absolute atomic E-state index is 13.2. The van der Waals surface area contributed by atoms with E-state index in [1.165, 1.54) is 31.2 Å². The van der Waals surface area contributed by atoms with Crippen molar-refractivity contribution in [2.75, 3.05) is 0 Å². The van der Waals surface area contributed by atoms with Crippen LogP contribution >= 0.6 is 0 Å². The molecule has 170 valence electrons. The minimum Gasteiger partial charge on any atom is -0.389 e. The Morgan fingerprint density at radius 1 is 1.06 bits per heavy atom. The molecule has 5 rings (SSSR count). The number of aromatic amines is 1. The standard InChI is InChI=1S/C26H29N5O2/c1-17-6-8-19(9-7-17)20-12-21(23-15-26(33-31-23)10-4-3-5-11-26)14-22(13-20)25(32)29-18(2)24-27-16-28-30-24/h6-9,12-14,16,18H,3-5,10-11,15H2,1-2H3,(H,29,32)(H,27,28,30)/t18-/m1/s1. The smallest absolute Gasteiger partial charge is 0.251 e. The summed E-state index contributed by atoms with van der Waals surface area (Å²) in [6.45, 7) is 3.95. The second-order valence-corrected chi connectivity index (χ2v) is 9.28. The number of aromatic nitrogens is 3. The van der Waals surface area contributed by atoms with E-state index >= 15 is 0 Å². The van der Waals surface area contributed by atoms with Crippen LogP contribution in [0.3, 0.4) is 0 Å². The first-order valence-electron chi connectivity index (χ1n) is 11.7. The molecule has 2 N–H and O–H groups in total. The number of carbonyl (C=O) groups is 1. The van der Waals surface area contributed by atoms with E-state index in [0.717, 1.165) is 41.7 Å². The van der Waals surface area contributed by atoms with Crippen molar-refractivity contribution in [3.8, 4) is 11.1 Å². The van der Waals surface area contributed by atoms with E-state index in [1.807, 2.05) is 19.1 Å². The van der Waals surface area contributed by atoms with E-state index in [0.29, 0.717) is 11.4 Å². The molecule has 1 aromatic heterocycles. The lowest BCUT2D eigenvalue weighted by molar-refractivity contribution is -0.0449. The van der Waals surface area contributed by atoms with Crippen molar-refractivity contribution in [3.05, 3.63) is 71.3 Å². The lowest BCUT2D eigenvalue weighted by Crippen LogP contribution is -2.31. The lowest BCUT2D eigenvalue weighted by atomic mass is 9.80. The molecule has 2 aromatic carbocycles. The van der Waals surface area contributed by atoms with Gasteiger partial charge >= 0.3 is 0 Å². The summed E-state index contributed by atoms with van der Waals surface area (Å²) in [5.41, 5.74) is 5.51. The summed E-state index contributed by atoms with van der Waals surface area (Å²) in [5, 5.41) is 15.3. The molecule has 7 heteroatoms. The molecule has 1 amide bonds. The minimum atomic E-state index is -0.288. The van der Waals surface area contributed by atoms with Gasteiger partial charge in [-0.15, -0.1) is 10.2 Å². The monoisotopic (exact) mass is 443 g/mol. The van der Waals surface area contributed by atoms with Gasteiger partial charge in [-0.2, -0.15) is 0 Å². The van der Waals surface area contributed by atoms with Crippen LogP contribution in [0.5, 0.6) is 0 Å². The molecule has 2 aliphatic rings. The highest BCUT2D eigenvalue weighted by molar-refractivity contribution is 6.05. The number of aryl methyl sites for hydroxylation is 1. The van der Waals surface area contributed by atoms with E-state index in [4.69, 9.17) is 4.84 Å². The number of rotatable bonds is 5. The van der Waals surface area contributed by atoms with Gasteiger partial charge in [0.25, 0.3) is 5.91 Å². The van der Waals surface area contributed by atoms with E-state index < -0.39 is 0 Å². The van der Waals surface area contributed by atoms with Gasteiger partial charge in [0.05, 0.1) is 11.8 Å². The Balaban J connectivity index is 1.47. The third-order valence-electron chi connectivity index (χ3n) is 6.71. The number of nitrogens with one attached hydrogen (secondary N) is 2. The van der Waals surface area contributed by atoms with Crippen LogP contribution in [0.2, 0.25) is 0 Å². The molecule has 33 heavy (non-hydrogen) atoms. The van der Waals surface area contributed by atoms with Crippen LogP contribution in [0.15, 0.2) is 53.9 Å². The molecule has 0 unspecified atom stereocenters. The number of nitrogens with zero attached hydrogens (tertiary/aromatic N) is 3. The zero-order valence-electron chi connectivity index (χ0n) is 19.1. The van der Waals surface area contributed by atoms with Gasteiger partial charge in [-0.3, -0.25) is 4.79 Å². The Morgan fingerprint density at radius 3 is 2.55 bits per heavy atom. The van der Waals surface area contributed by atoms with Gasteiger partial charge in [0.2, 0.25) is 0 Å². The summed E-state index contributed by atoms with van der Waals surface area (Å²) in [6.07, 6.45) is 8.00. The number of hydrogen-bond donors (Lipinski definition) is 2. The molecule has 1 fully saturated rings. The predicted molar refractivity (Wildman–Crippen MR) is 127 cm³/mol. The van der Waals surface area contributed by atoms with Crippen molar-refractivity contribution >= 4 is 11.6 Å². The highest BCUT2D eigenvalue weighted by atomic mass is 16.7. The fourth-order valence-corrected chi connectivity index (χ4v) is 4.75. The van der Waals surface area contributed by atoms with Crippen LogP contribution in [-0.4, -0.2) is 32.4 Å². The van der Waals surface area contributed by atoms with Crippen molar-refractivity contribution in [3.63, 3.8) is 0 Å². The van der Waals surface area contributed by atoms with Crippen LogP contribution in [0.4, 0.5) is 0 Å². The topological polar surface area (TPSA) is 92.3 Å². The molecule has 1 aliphatic heterocycles. The number of amides is 1. The molecule has 0 bridgehead atoms. The largest absolute Gasteiger partial charge is 0.389 e. The normalized spacial score (nSPS) is 17.9. The van der Waals surface area contributed by atoms with Crippen LogP contribution in [0.1, 0.15) is 78.8 Å². The maximum atomic E-state index is 13.2. The quantitative estimate of drug-likeness (QED) is 0.574. The van der Waals surface area contributed by atoms with E-state index in [2.05, 4.69) is 62.9 Å². The van der Waals surface area contributed by atoms with Gasteiger partial charge in [0.1, 0.15) is 11.9 Å². The summed E-state index contributed by atoms with van der Waals surface area (Å²) < 4.78 is 0. The average Bonchev–Trinajstić information content (AvgIpc) is 3.51. The predicted octanol–water partition coefficient (Wildman–Crippen LogP) is 5.10. The van der Waals surface area contributed by atoms with Crippen LogP contribution in [0.25, 0.3) is 11.1 Å². The molecule has 1 spiro atoms. The summed E-state index contributed by atoms with van der Waals surface area (Å²) >= 11 is 0. The fraction of sp³-hybridized carbons (Fsp3) is 0.385. The van der Waals surface area contributed by atoms with Crippen LogP contribution in [-0.2, 0) is 4.84 Å². The maximum Gasteiger partial charge on any atom is 0.251 e. The highest BCUT2D eigenvalue weighted by Crippen LogP contribution is 2.40. The Hall–Kier alpha value is -3.48. The Bertz CT molecular complexity index is 1160. The summed E-state index contributed by atoms with van der Waals surface area (Å²) in [6, 6.07) is 14.0. The van der Waals surface area contributed by atoms with Gasteiger partial charge in [-0.1, -0.05) is 41.4 Å². The van der Waals surface area contributed by atoms with E-state index in [9.17, 15) is 4.79 Å². The molecule has 0 radical (unpaired) electrons. The second kappa shape index (κ2) is 8.81. The molecule has 1 atom stereocenters. The molecule has 3 aromatic rings. The van der Waals surface area contributed by atoms with E-state index in [1.54, 1.807) is 0 Å². The van der Waals surface area contributed by atoms with E-state index in [-0.39, 0.29) is 17.6 Å². The van der Waals surface area contributed by atoms with Crippen molar-refractivity contribution in [1.82, 2.24) is 20.5 Å². The molecular formula is C26H29N5O2. The first-order valence-corrected chi connectivity index (χ1v) is 11.7. The average molecular weight is 444 g/mol.